The summed E-state index contributed by atoms with van der Waals surface area (Å²) in [5.74, 6) is 2.11. The summed E-state index contributed by atoms with van der Waals surface area (Å²) in [5, 5.41) is 4.14. The summed E-state index contributed by atoms with van der Waals surface area (Å²) in [6.07, 6.45) is 1.15. The van der Waals surface area contributed by atoms with E-state index in [1.54, 1.807) is 0 Å². The van der Waals surface area contributed by atoms with Gasteiger partial charge in [-0.1, -0.05) is 55.3 Å². The largest absolute Gasteiger partial charge is 0.490 e. The smallest absolute Gasteiger partial charge is 0.163 e. The van der Waals surface area contributed by atoms with Crippen molar-refractivity contribution in [3.05, 3.63) is 58.1 Å². The summed E-state index contributed by atoms with van der Waals surface area (Å²) in [6, 6.07) is 12.2. The summed E-state index contributed by atoms with van der Waals surface area (Å²) in [7, 11) is 0. The molecule has 1 N–H and O–H groups in total. The molecule has 0 aliphatic carbocycles. The predicted molar refractivity (Wildman–Crippen MR) is 109 cm³/mol. The maximum Gasteiger partial charge on any atom is 0.163 e. The monoisotopic (exact) mass is 375 g/mol. The highest BCUT2D eigenvalue weighted by Gasteiger charge is 2.11. The summed E-state index contributed by atoms with van der Waals surface area (Å²) < 4.78 is 11.8. The molecular weight excluding hydrogens is 346 g/mol. The van der Waals surface area contributed by atoms with Gasteiger partial charge in [-0.25, -0.2) is 0 Å². The lowest BCUT2D eigenvalue weighted by Crippen LogP contribution is -2.16. The van der Waals surface area contributed by atoms with E-state index in [0.717, 1.165) is 36.4 Å². The zero-order chi connectivity index (χ0) is 18.9. The lowest BCUT2D eigenvalue weighted by molar-refractivity contribution is 0.269. The van der Waals surface area contributed by atoms with E-state index in [9.17, 15) is 0 Å². The molecule has 0 radical (unpaired) electrons. The molecular formula is C22H30ClNO2. The first-order valence-electron chi connectivity index (χ1n) is 9.33. The number of halogens is 1. The number of hydrogen-bond acceptors (Lipinski definition) is 3. The van der Waals surface area contributed by atoms with Crippen LogP contribution in [0.1, 0.15) is 43.9 Å². The van der Waals surface area contributed by atoms with Gasteiger partial charge in [0.2, 0.25) is 0 Å². The summed E-state index contributed by atoms with van der Waals surface area (Å²) in [5.41, 5.74) is 3.39. The van der Waals surface area contributed by atoms with Crippen molar-refractivity contribution in [1.82, 2.24) is 5.32 Å². The Hall–Kier alpha value is -1.71. The van der Waals surface area contributed by atoms with Crippen molar-refractivity contribution >= 4 is 11.6 Å². The van der Waals surface area contributed by atoms with Crippen molar-refractivity contribution in [3.8, 4) is 11.5 Å². The number of benzene rings is 2. The first-order chi connectivity index (χ1) is 12.5. The molecule has 0 bridgehead atoms. The highest BCUT2D eigenvalue weighted by Crippen LogP contribution is 2.34. The average molecular weight is 376 g/mol. The molecule has 0 aromatic heterocycles. The van der Waals surface area contributed by atoms with E-state index in [0.29, 0.717) is 29.9 Å². The van der Waals surface area contributed by atoms with Crippen LogP contribution in [0, 0.1) is 12.8 Å². The van der Waals surface area contributed by atoms with Crippen LogP contribution >= 0.6 is 11.6 Å². The zero-order valence-electron chi connectivity index (χ0n) is 16.3. The molecule has 26 heavy (non-hydrogen) atoms. The highest BCUT2D eigenvalue weighted by molar-refractivity contribution is 6.31. The summed E-state index contributed by atoms with van der Waals surface area (Å²) in [4.78, 5) is 0. The Morgan fingerprint density at radius 2 is 1.73 bits per heavy atom. The molecule has 0 unspecified atom stereocenters. The van der Waals surface area contributed by atoms with Crippen molar-refractivity contribution in [2.45, 2.75) is 47.3 Å². The van der Waals surface area contributed by atoms with Crippen molar-refractivity contribution in [3.63, 3.8) is 0 Å². The first kappa shape index (κ1) is 20.6. The molecule has 0 heterocycles. The first-order valence-corrected chi connectivity index (χ1v) is 9.71. The molecule has 0 aliphatic heterocycles. The lowest BCUT2D eigenvalue weighted by Gasteiger charge is -2.16. The maximum atomic E-state index is 6.47. The van der Waals surface area contributed by atoms with Gasteiger partial charge in [-0.05, 0) is 49.9 Å². The number of nitrogens with one attached hydrogen (secondary N) is 1. The Morgan fingerprint density at radius 1 is 1.04 bits per heavy atom. The van der Waals surface area contributed by atoms with E-state index in [-0.39, 0.29) is 0 Å². The van der Waals surface area contributed by atoms with Crippen LogP contribution in [0.4, 0.5) is 0 Å². The molecule has 0 spiro atoms. The Balaban J connectivity index is 2.05. The van der Waals surface area contributed by atoms with Gasteiger partial charge in [0.25, 0.3) is 0 Å². The van der Waals surface area contributed by atoms with Crippen LogP contribution in [0.3, 0.4) is 0 Å². The van der Waals surface area contributed by atoms with Gasteiger partial charge in [0.05, 0.1) is 6.61 Å². The molecule has 2 aromatic rings. The second kappa shape index (κ2) is 10.4. The van der Waals surface area contributed by atoms with Crippen LogP contribution in [-0.2, 0) is 13.2 Å². The van der Waals surface area contributed by atoms with Gasteiger partial charge in [0.15, 0.2) is 11.5 Å². The van der Waals surface area contributed by atoms with Gasteiger partial charge in [-0.2, -0.15) is 0 Å². The topological polar surface area (TPSA) is 30.5 Å². The quantitative estimate of drug-likeness (QED) is 0.535. The SMILES string of the molecule is CCOc1cc(CNCCC(C)C)c(Cl)cc1OCc1ccc(C)cc1. The second-order valence-corrected chi connectivity index (χ2v) is 7.36. The standard InChI is InChI=1S/C22H30ClNO2/c1-5-25-21-12-19(14-24-11-10-16(2)3)20(23)13-22(21)26-15-18-8-6-17(4)7-9-18/h6-9,12-13,16,24H,5,10-11,14-15H2,1-4H3. The van der Waals surface area contributed by atoms with Crippen molar-refractivity contribution in [1.29, 1.82) is 0 Å². The molecule has 2 aromatic carbocycles. The van der Waals surface area contributed by atoms with Gasteiger partial charge >= 0.3 is 0 Å². The molecule has 0 atom stereocenters. The van der Waals surface area contributed by atoms with Gasteiger partial charge in [-0.15, -0.1) is 0 Å². The van der Waals surface area contributed by atoms with Crippen LogP contribution < -0.4 is 14.8 Å². The molecule has 142 valence electrons. The van der Waals surface area contributed by atoms with E-state index in [1.165, 1.54) is 5.56 Å². The van der Waals surface area contributed by atoms with Crippen molar-refractivity contribution in [2.24, 2.45) is 5.92 Å². The van der Waals surface area contributed by atoms with E-state index >= 15 is 0 Å². The maximum absolute atomic E-state index is 6.47. The highest BCUT2D eigenvalue weighted by atomic mass is 35.5. The third kappa shape index (κ3) is 6.54. The summed E-state index contributed by atoms with van der Waals surface area (Å²) >= 11 is 6.47. The van der Waals surface area contributed by atoms with E-state index in [4.69, 9.17) is 21.1 Å². The van der Waals surface area contributed by atoms with E-state index in [1.807, 2.05) is 19.1 Å². The normalized spacial score (nSPS) is 11.0. The fraction of sp³-hybridized carbons (Fsp3) is 0.455. The average Bonchev–Trinajstić information content (AvgIpc) is 2.61. The van der Waals surface area contributed by atoms with Gasteiger partial charge in [0, 0.05) is 17.6 Å². The van der Waals surface area contributed by atoms with Crippen LogP contribution in [-0.4, -0.2) is 13.2 Å². The van der Waals surface area contributed by atoms with Gasteiger partial charge in [0.1, 0.15) is 6.61 Å². The molecule has 0 saturated heterocycles. The lowest BCUT2D eigenvalue weighted by atomic mass is 10.1. The van der Waals surface area contributed by atoms with Crippen LogP contribution in [0.15, 0.2) is 36.4 Å². The van der Waals surface area contributed by atoms with E-state index < -0.39 is 0 Å². The van der Waals surface area contributed by atoms with Gasteiger partial charge in [-0.3, -0.25) is 0 Å². The molecule has 0 fully saturated rings. The minimum Gasteiger partial charge on any atom is -0.490 e. The molecule has 4 heteroatoms. The molecule has 2 rings (SSSR count). The second-order valence-electron chi connectivity index (χ2n) is 6.96. The number of rotatable bonds is 10. The minimum atomic E-state index is 0.489. The molecule has 0 aliphatic rings. The fourth-order valence-electron chi connectivity index (χ4n) is 2.55. The molecule has 0 saturated carbocycles. The molecule has 3 nitrogen and oxygen atoms in total. The predicted octanol–water partition coefficient (Wildman–Crippen LogP) is 5.76. The molecule has 0 amide bonds. The Labute approximate surface area is 162 Å². The Morgan fingerprint density at radius 3 is 2.38 bits per heavy atom. The van der Waals surface area contributed by atoms with Crippen LogP contribution in [0.5, 0.6) is 11.5 Å². The van der Waals surface area contributed by atoms with Crippen LogP contribution in [0.25, 0.3) is 0 Å². The third-order valence-corrected chi connectivity index (χ3v) is 4.49. The van der Waals surface area contributed by atoms with Gasteiger partial charge < -0.3 is 14.8 Å². The Bertz CT molecular complexity index is 683. The minimum absolute atomic E-state index is 0.489. The zero-order valence-corrected chi connectivity index (χ0v) is 17.0. The number of hydrogen-bond donors (Lipinski definition) is 1. The Kier molecular flexibility index (Phi) is 8.27. The van der Waals surface area contributed by atoms with E-state index in [2.05, 4.69) is 50.4 Å². The van der Waals surface area contributed by atoms with Crippen molar-refractivity contribution < 1.29 is 9.47 Å². The fourth-order valence-corrected chi connectivity index (χ4v) is 2.77. The summed E-state index contributed by atoms with van der Waals surface area (Å²) in [6.45, 7) is 11.3. The van der Waals surface area contributed by atoms with Crippen LogP contribution in [0.2, 0.25) is 5.02 Å². The third-order valence-electron chi connectivity index (χ3n) is 4.14. The van der Waals surface area contributed by atoms with Crippen molar-refractivity contribution in [2.75, 3.05) is 13.2 Å². The number of ether oxygens (including phenoxy) is 2. The number of aryl methyl sites for hydroxylation is 1.